The Labute approximate surface area is 172 Å². The fourth-order valence-corrected chi connectivity index (χ4v) is 3.61. The van der Waals surface area contributed by atoms with Crippen LogP contribution in [-0.4, -0.2) is 20.2 Å². The molecule has 0 aromatic heterocycles. The molecule has 2 amide bonds. The second-order valence-corrected chi connectivity index (χ2v) is 8.03. The van der Waals surface area contributed by atoms with Gasteiger partial charge in [0.25, 0.3) is 21.8 Å². The summed E-state index contributed by atoms with van der Waals surface area (Å²) in [6, 6.07) is 19.9. The first-order valence-corrected chi connectivity index (χ1v) is 10.3. The van der Waals surface area contributed by atoms with Crippen LogP contribution >= 0.6 is 11.6 Å². The smallest absolute Gasteiger partial charge is 0.269 e. The van der Waals surface area contributed by atoms with Crippen molar-refractivity contribution in [2.75, 3.05) is 4.72 Å². The predicted octanol–water partition coefficient (Wildman–Crippen LogP) is 3.22. The van der Waals surface area contributed by atoms with Gasteiger partial charge in [0.15, 0.2) is 0 Å². The number of rotatable bonds is 5. The number of anilines is 1. The highest BCUT2D eigenvalue weighted by atomic mass is 35.5. The van der Waals surface area contributed by atoms with Crippen molar-refractivity contribution >= 4 is 39.1 Å². The monoisotopic (exact) mass is 429 g/mol. The van der Waals surface area contributed by atoms with Crippen LogP contribution in [0.1, 0.15) is 20.7 Å². The van der Waals surface area contributed by atoms with E-state index in [9.17, 15) is 18.0 Å². The molecule has 0 fully saturated rings. The van der Waals surface area contributed by atoms with E-state index < -0.39 is 21.8 Å². The van der Waals surface area contributed by atoms with E-state index in [4.69, 9.17) is 11.6 Å². The molecule has 3 aromatic carbocycles. The van der Waals surface area contributed by atoms with Crippen LogP contribution < -0.4 is 15.6 Å². The first kappa shape index (κ1) is 20.4. The van der Waals surface area contributed by atoms with Gasteiger partial charge in [0.05, 0.1) is 4.90 Å². The minimum atomic E-state index is -3.92. The molecule has 0 bridgehead atoms. The van der Waals surface area contributed by atoms with Crippen LogP contribution in [0.5, 0.6) is 0 Å². The Kier molecular flexibility index (Phi) is 6.16. The number of nitrogens with one attached hydrogen (secondary N) is 3. The second kappa shape index (κ2) is 8.76. The molecule has 0 radical (unpaired) electrons. The van der Waals surface area contributed by atoms with E-state index in [1.54, 1.807) is 42.5 Å². The Morgan fingerprint density at radius 2 is 1.31 bits per heavy atom. The number of amides is 2. The fraction of sp³-hybridized carbons (Fsp3) is 0. The molecule has 29 heavy (non-hydrogen) atoms. The molecule has 0 aliphatic heterocycles. The minimum Gasteiger partial charge on any atom is -0.280 e. The highest BCUT2D eigenvalue weighted by Gasteiger charge is 2.17. The number of hydrogen-bond donors (Lipinski definition) is 3. The largest absolute Gasteiger partial charge is 0.280 e. The van der Waals surface area contributed by atoms with Crippen LogP contribution in [0.3, 0.4) is 0 Å². The molecule has 9 heteroatoms. The van der Waals surface area contributed by atoms with Crippen molar-refractivity contribution in [3.05, 3.63) is 95.0 Å². The molecule has 0 heterocycles. The first-order chi connectivity index (χ1) is 13.8. The van der Waals surface area contributed by atoms with Gasteiger partial charge in [-0.2, -0.15) is 0 Å². The summed E-state index contributed by atoms with van der Waals surface area (Å²) in [5.41, 5.74) is 5.32. The molecule has 0 atom stereocenters. The van der Waals surface area contributed by atoms with Gasteiger partial charge in [0, 0.05) is 21.8 Å². The third-order valence-electron chi connectivity index (χ3n) is 3.83. The molecule has 0 unspecified atom stereocenters. The van der Waals surface area contributed by atoms with E-state index in [-0.39, 0.29) is 10.5 Å². The van der Waals surface area contributed by atoms with Crippen LogP contribution in [0.25, 0.3) is 0 Å². The third kappa shape index (κ3) is 5.34. The van der Waals surface area contributed by atoms with Gasteiger partial charge in [-0.1, -0.05) is 35.9 Å². The number of hydrogen-bond acceptors (Lipinski definition) is 4. The highest BCUT2D eigenvalue weighted by Crippen LogP contribution is 2.19. The molecular formula is C20H16ClN3O4S. The summed E-state index contributed by atoms with van der Waals surface area (Å²) in [6.45, 7) is 0. The lowest BCUT2D eigenvalue weighted by Crippen LogP contribution is -2.41. The van der Waals surface area contributed by atoms with Crippen LogP contribution in [0, 0.1) is 0 Å². The number of hydrazine groups is 1. The maximum absolute atomic E-state index is 12.6. The number of carbonyl (C=O) groups is 2. The topological polar surface area (TPSA) is 104 Å². The summed E-state index contributed by atoms with van der Waals surface area (Å²) in [7, 11) is -3.92. The summed E-state index contributed by atoms with van der Waals surface area (Å²) >= 11 is 5.79. The van der Waals surface area contributed by atoms with Gasteiger partial charge in [-0.3, -0.25) is 25.2 Å². The van der Waals surface area contributed by atoms with Crippen molar-refractivity contribution in [1.29, 1.82) is 0 Å². The van der Waals surface area contributed by atoms with Gasteiger partial charge in [-0.25, -0.2) is 8.42 Å². The maximum atomic E-state index is 12.6. The van der Waals surface area contributed by atoms with Crippen LogP contribution in [0.15, 0.2) is 83.8 Å². The van der Waals surface area contributed by atoms with Gasteiger partial charge >= 0.3 is 0 Å². The summed E-state index contributed by atoms with van der Waals surface area (Å²) in [6.07, 6.45) is 0. The van der Waals surface area contributed by atoms with Crippen molar-refractivity contribution in [3.63, 3.8) is 0 Å². The SMILES string of the molecule is O=C(NNC(=O)c1cccc(S(=O)(=O)Nc2ccc(Cl)cc2)c1)c1ccccc1. The van der Waals surface area contributed by atoms with Crippen molar-refractivity contribution in [2.24, 2.45) is 0 Å². The molecule has 0 aliphatic carbocycles. The molecule has 148 valence electrons. The van der Waals surface area contributed by atoms with Crippen LogP contribution in [0.4, 0.5) is 5.69 Å². The van der Waals surface area contributed by atoms with Crippen molar-refractivity contribution in [2.45, 2.75) is 4.90 Å². The average Bonchev–Trinajstić information content (AvgIpc) is 2.74. The molecule has 0 saturated carbocycles. The quantitative estimate of drug-likeness (QED) is 0.541. The lowest BCUT2D eigenvalue weighted by atomic mass is 10.2. The normalized spacial score (nSPS) is 10.8. The van der Waals surface area contributed by atoms with Crippen LogP contribution in [-0.2, 0) is 10.0 Å². The van der Waals surface area contributed by atoms with Gasteiger partial charge in [-0.05, 0) is 54.6 Å². The molecule has 0 aliphatic rings. The fourth-order valence-electron chi connectivity index (χ4n) is 2.38. The molecule has 3 N–H and O–H groups in total. The van der Waals surface area contributed by atoms with Crippen molar-refractivity contribution in [3.8, 4) is 0 Å². The molecular weight excluding hydrogens is 414 g/mol. The summed E-state index contributed by atoms with van der Waals surface area (Å²) in [4.78, 5) is 24.2. The Morgan fingerprint density at radius 3 is 1.97 bits per heavy atom. The summed E-state index contributed by atoms with van der Waals surface area (Å²) < 4.78 is 27.5. The van der Waals surface area contributed by atoms with E-state index in [1.165, 1.54) is 36.4 Å². The summed E-state index contributed by atoms with van der Waals surface area (Å²) in [5.74, 6) is -1.15. The van der Waals surface area contributed by atoms with E-state index in [0.717, 1.165) is 0 Å². The second-order valence-electron chi connectivity index (χ2n) is 5.91. The predicted molar refractivity (Wildman–Crippen MR) is 110 cm³/mol. The number of sulfonamides is 1. The Bertz CT molecular complexity index is 1130. The van der Waals surface area contributed by atoms with Gasteiger partial charge in [0.1, 0.15) is 0 Å². The Morgan fingerprint density at radius 1 is 0.724 bits per heavy atom. The standard InChI is InChI=1S/C20H16ClN3O4S/c21-16-9-11-17(12-10-16)24-29(27,28)18-8-4-7-15(13-18)20(26)23-22-19(25)14-5-2-1-3-6-14/h1-13,24H,(H,22,25)(H,23,26). The van der Waals surface area contributed by atoms with Gasteiger partial charge in [-0.15, -0.1) is 0 Å². The molecule has 7 nitrogen and oxygen atoms in total. The maximum Gasteiger partial charge on any atom is 0.269 e. The lowest BCUT2D eigenvalue weighted by Gasteiger charge is -2.10. The van der Waals surface area contributed by atoms with Crippen molar-refractivity contribution < 1.29 is 18.0 Å². The minimum absolute atomic E-state index is 0.0670. The molecule has 3 rings (SSSR count). The van der Waals surface area contributed by atoms with Gasteiger partial charge < -0.3 is 0 Å². The summed E-state index contributed by atoms with van der Waals surface area (Å²) in [5, 5.41) is 0.476. The van der Waals surface area contributed by atoms with Gasteiger partial charge in [0.2, 0.25) is 0 Å². The first-order valence-electron chi connectivity index (χ1n) is 8.39. The molecule has 3 aromatic rings. The van der Waals surface area contributed by atoms with E-state index >= 15 is 0 Å². The molecule has 0 saturated heterocycles. The number of carbonyl (C=O) groups excluding carboxylic acids is 2. The Hall–Kier alpha value is -3.36. The Balaban J connectivity index is 1.70. The zero-order chi connectivity index (χ0) is 20.9. The zero-order valence-corrected chi connectivity index (χ0v) is 16.5. The van der Waals surface area contributed by atoms with Crippen LogP contribution in [0.2, 0.25) is 5.02 Å². The number of halogens is 1. The zero-order valence-electron chi connectivity index (χ0n) is 14.9. The van der Waals surface area contributed by atoms with E-state index in [2.05, 4.69) is 15.6 Å². The third-order valence-corrected chi connectivity index (χ3v) is 5.46. The number of benzene rings is 3. The lowest BCUT2D eigenvalue weighted by molar-refractivity contribution is 0.0846. The molecule has 0 spiro atoms. The van der Waals surface area contributed by atoms with Crippen molar-refractivity contribution in [1.82, 2.24) is 10.9 Å². The van der Waals surface area contributed by atoms with E-state index in [1.807, 2.05) is 0 Å². The highest BCUT2D eigenvalue weighted by molar-refractivity contribution is 7.92. The average molecular weight is 430 g/mol. The van der Waals surface area contributed by atoms with E-state index in [0.29, 0.717) is 16.3 Å².